The van der Waals surface area contributed by atoms with Gasteiger partial charge in [-0.15, -0.1) is 0 Å². The fourth-order valence-electron chi connectivity index (χ4n) is 2.29. The van der Waals surface area contributed by atoms with Gasteiger partial charge in [0.25, 0.3) is 0 Å². The third-order valence-corrected chi connectivity index (χ3v) is 3.66. The monoisotopic (exact) mass is 287 g/mol. The summed E-state index contributed by atoms with van der Waals surface area (Å²) in [6, 6.07) is 3.79. The number of Topliss-reactive ketones (excluding diaryl/α,β-unsaturated/α-hetero) is 1. The molecule has 0 amide bonds. The van der Waals surface area contributed by atoms with E-state index in [0.717, 1.165) is 16.7 Å². The number of aromatic nitrogens is 2. The number of carbonyl (C=O) groups is 1. The smallest absolute Gasteiger partial charge is 0.343 e. The molecule has 2 rings (SSSR count). The van der Waals surface area contributed by atoms with Crippen molar-refractivity contribution >= 4 is 11.6 Å². The van der Waals surface area contributed by atoms with Crippen molar-refractivity contribution in [1.29, 1.82) is 0 Å². The van der Waals surface area contributed by atoms with Gasteiger partial charge in [-0.3, -0.25) is 4.79 Å². The van der Waals surface area contributed by atoms with Crippen LogP contribution in [-0.4, -0.2) is 20.3 Å². The van der Waals surface area contributed by atoms with Crippen molar-refractivity contribution in [2.24, 2.45) is 0 Å². The van der Waals surface area contributed by atoms with E-state index in [2.05, 4.69) is 4.98 Å². The van der Waals surface area contributed by atoms with Gasteiger partial charge in [0.2, 0.25) is 5.78 Å². The van der Waals surface area contributed by atoms with E-state index in [0.29, 0.717) is 11.4 Å². The van der Waals surface area contributed by atoms with Crippen LogP contribution in [0.3, 0.4) is 0 Å². The summed E-state index contributed by atoms with van der Waals surface area (Å²) in [5.41, 5.74) is 3.62. The highest BCUT2D eigenvalue weighted by molar-refractivity contribution is 5.97. The van der Waals surface area contributed by atoms with Crippen molar-refractivity contribution in [3.63, 3.8) is 0 Å². The molecule has 0 radical (unpaired) electrons. The molecule has 0 aliphatic heterocycles. The van der Waals surface area contributed by atoms with E-state index in [9.17, 15) is 14.9 Å². The second-order valence-electron chi connectivity index (χ2n) is 5.18. The van der Waals surface area contributed by atoms with Crippen LogP contribution in [0.2, 0.25) is 0 Å². The van der Waals surface area contributed by atoms with E-state index < -0.39 is 4.92 Å². The SMILES string of the molecule is Cc1cc(C)c(C(=O)Cn2c([N+](=O)[O-])cnc2C)cc1C. The highest BCUT2D eigenvalue weighted by atomic mass is 16.6. The predicted molar refractivity (Wildman–Crippen MR) is 78.6 cm³/mol. The second kappa shape index (κ2) is 5.47. The summed E-state index contributed by atoms with van der Waals surface area (Å²) in [6.45, 7) is 7.37. The lowest BCUT2D eigenvalue weighted by atomic mass is 9.98. The molecule has 0 saturated heterocycles. The molecule has 0 atom stereocenters. The van der Waals surface area contributed by atoms with Crippen LogP contribution in [0.5, 0.6) is 0 Å². The largest absolute Gasteiger partial charge is 0.358 e. The first-order valence-electron chi connectivity index (χ1n) is 6.59. The molecule has 0 unspecified atom stereocenters. The summed E-state index contributed by atoms with van der Waals surface area (Å²) < 4.78 is 1.33. The number of nitro groups is 1. The molecule has 0 fully saturated rings. The summed E-state index contributed by atoms with van der Waals surface area (Å²) in [5.74, 6) is 0.138. The maximum absolute atomic E-state index is 12.5. The van der Waals surface area contributed by atoms with Crippen LogP contribution in [-0.2, 0) is 6.54 Å². The first kappa shape index (κ1) is 14.9. The van der Waals surface area contributed by atoms with Crippen molar-refractivity contribution in [2.75, 3.05) is 0 Å². The average molecular weight is 287 g/mol. The Kier molecular flexibility index (Phi) is 3.88. The first-order chi connectivity index (χ1) is 9.81. The highest BCUT2D eigenvalue weighted by Gasteiger charge is 2.22. The van der Waals surface area contributed by atoms with E-state index in [4.69, 9.17) is 0 Å². The maximum atomic E-state index is 12.5. The molecule has 0 bridgehead atoms. The van der Waals surface area contributed by atoms with Crippen molar-refractivity contribution in [1.82, 2.24) is 9.55 Å². The number of imidazole rings is 1. The van der Waals surface area contributed by atoms with Gasteiger partial charge in [0.1, 0.15) is 6.20 Å². The zero-order valence-corrected chi connectivity index (χ0v) is 12.5. The number of hydrogen-bond donors (Lipinski definition) is 0. The van der Waals surface area contributed by atoms with Gasteiger partial charge < -0.3 is 10.1 Å². The Balaban J connectivity index is 2.37. The first-order valence-corrected chi connectivity index (χ1v) is 6.59. The molecule has 1 aromatic heterocycles. The van der Waals surface area contributed by atoms with Crippen LogP contribution in [0.4, 0.5) is 5.82 Å². The minimum absolute atomic E-state index is 0.0779. The van der Waals surface area contributed by atoms with Crippen molar-refractivity contribution < 1.29 is 9.72 Å². The molecule has 0 aliphatic carbocycles. The fourth-order valence-corrected chi connectivity index (χ4v) is 2.29. The minimum atomic E-state index is -0.527. The normalized spacial score (nSPS) is 10.7. The zero-order valence-electron chi connectivity index (χ0n) is 12.5. The van der Waals surface area contributed by atoms with Crippen molar-refractivity contribution in [3.8, 4) is 0 Å². The van der Waals surface area contributed by atoms with E-state index in [-0.39, 0.29) is 18.1 Å². The molecule has 0 spiro atoms. The van der Waals surface area contributed by atoms with Crippen LogP contribution < -0.4 is 0 Å². The second-order valence-corrected chi connectivity index (χ2v) is 5.18. The van der Waals surface area contributed by atoms with Gasteiger partial charge in [0.15, 0.2) is 12.4 Å². The van der Waals surface area contributed by atoms with Gasteiger partial charge in [-0.25, -0.2) is 9.55 Å². The van der Waals surface area contributed by atoms with E-state index >= 15 is 0 Å². The summed E-state index contributed by atoms with van der Waals surface area (Å²) in [5, 5.41) is 11.0. The Morgan fingerprint density at radius 3 is 2.43 bits per heavy atom. The van der Waals surface area contributed by atoms with Crippen LogP contribution in [0.1, 0.15) is 32.9 Å². The molecule has 2 aromatic rings. The Morgan fingerprint density at radius 2 is 1.81 bits per heavy atom. The lowest BCUT2D eigenvalue weighted by molar-refractivity contribution is -0.392. The third-order valence-electron chi connectivity index (χ3n) is 3.66. The topological polar surface area (TPSA) is 78.0 Å². The molecule has 6 heteroatoms. The minimum Gasteiger partial charge on any atom is -0.358 e. The molecule has 1 aromatic carbocycles. The Hall–Kier alpha value is -2.50. The van der Waals surface area contributed by atoms with Gasteiger partial charge in [0.05, 0.1) is 0 Å². The Bertz CT molecular complexity index is 732. The van der Waals surface area contributed by atoms with Crippen LogP contribution in [0.15, 0.2) is 18.3 Å². The molecule has 6 nitrogen and oxygen atoms in total. The number of nitrogens with zero attached hydrogens (tertiary/aromatic N) is 3. The van der Waals surface area contributed by atoms with E-state index in [1.54, 1.807) is 6.92 Å². The predicted octanol–water partition coefficient (Wildman–Crippen LogP) is 2.91. The van der Waals surface area contributed by atoms with E-state index in [1.165, 1.54) is 10.8 Å². The van der Waals surface area contributed by atoms with Gasteiger partial charge in [-0.1, -0.05) is 6.07 Å². The Labute approximate surface area is 122 Å². The van der Waals surface area contributed by atoms with Gasteiger partial charge in [0, 0.05) is 12.5 Å². The number of hydrogen-bond acceptors (Lipinski definition) is 4. The molecule has 0 N–H and O–H groups in total. The molecular weight excluding hydrogens is 270 g/mol. The molecule has 1 heterocycles. The summed E-state index contributed by atoms with van der Waals surface area (Å²) in [6.07, 6.45) is 1.18. The van der Waals surface area contributed by atoms with Crippen molar-refractivity contribution in [2.45, 2.75) is 34.2 Å². The number of aryl methyl sites for hydroxylation is 4. The van der Waals surface area contributed by atoms with Gasteiger partial charge in [-0.2, -0.15) is 0 Å². The zero-order chi connectivity index (χ0) is 15.7. The van der Waals surface area contributed by atoms with Gasteiger partial charge >= 0.3 is 5.82 Å². The molecular formula is C15H17N3O3. The third kappa shape index (κ3) is 2.84. The quantitative estimate of drug-likeness (QED) is 0.492. The van der Waals surface area contributed by atoms with Crippen LogP contribution in [0.25, 0.3) is 0 Å². The standard InChI is InChI=1S/C15H17N3O3/c1-9-5-11(3)13(6-10(9)2)14(19)8-17-12(4)16-7-15(17)18(20)21/h5-7H,8H2,1-4H3. The summed E-state index contributed by atoms with van der Waals surface area (Å²) in [7, 11) is 0. The Morgan fingerprint density at radius 1 is 1.19 bits per heavy atom. The summed E-state index contributed by atoms with van der Waals surface area (Å²) in [4.78, 5) is 26.8. The molecule has 110 valence electrons. The number of carbonyl (C=O) groups excluding carboxylic acids is 1. The number of benzene rings is 1. The van der Waals surface area contributed by atoms with Gasteiger partial charge in [-0.05, 0) is 48.5 Å². The summed E-state index contributed by atoms with van der Waals surface area (Å²) >= 11 is 0. The molecule has 21 heavy (non-hydrogen) atoms. The fraction of sp³-hybridized carbons (Fsp3) is 0.333. The number of ketones is 1. The lowest BCUT2D eigenvalue weighted by Crippen LogP contribution is -2.15. The highest BCUT2D eigenvalue weighted by Crippen LogP contribution is 2.19. The average Bonchev–Trinajstić information content (AvgIpc) is 2.75. The number of rotatable bonds is 4. The van der Waals surface area contributed by atoms with Crippen molar-refractivity contribution in [3.05, 3.63) is 56.5 Å². The maximum Gasteiger partial charge on any atom is 0.343 e. The van der Waals surface area contributed by atoms with E-state index in [1.807, 2.05) is 32.9 Å². The van der Waals surface area contributed by atoms with Crippen LogP contribution in [0, 0.1) is 37.8 Å². The molecule has 0 aliphatic rings. The van der Waals surface area contributed by atoms with Crippen LogP contribution >= 0.6 is 0 Å². The molecule has 0 saturated carbocycles. The lowest BCUT2D eigenvalue weighted by Gasteiger charge is -2.09.